The number of likely N-dealkylation sites (N-methyl/N-ethyl adjacent to an activating group) is 1. The van der Waals surface area contributed by atoms with E-state index in [1.165, 1.54) is 57.8 Å². The summed E-state index contributed by atoms with van der Waals surface area (Å²) in [6.07, 6.45) is 14.2. The van der Waals surface area contributed by atoms with Crippen LogP contribution in [0.2, 0.25) is 0 Å². The highest BCUT2D eigenvalue weighted by atomic mass is 15.3. The zero-order chi connectivity index (χ0) is 13.0. The second kappa shape index (κ2) is 6.18. The second-order valence-electron chi connectivity index (χ2n) is 6.18. The Balaban J connectivity index is 2.23. The summed E-state index contributed by atoms with van der Waals surface area (Å²) in [5.74, 6) is 5.94. The summed E-state index contributed by atoms with van der Waals surface area (Å²) in [4.78, 5) is 2.42. The van der Waals surface area contributed by atoms with Crippen LogP contribution in [0.4, 0.5) is 0 Å². The van der Waals surface area contributed by atoms with Gasteiger partial charge in [0.1, 0.15) is 0 Å². The Morgan fingerprint density at radius 3 is 2.39 bits per heavy atom. The molecule has 0 amide bonds. The van der Waals surface area contributed by atoms with E-state index in [-0.39, 0.29) is 5.54 Å². The third-order valence-corrected chi connectivity index (χ3v) is 5.01. The van der Waals surface area contributed by atoms with Gasteiger partial charge in [0.05, 0.1) is 6.04 Å². The Morgan fingerprint density at radius 2 is 1.89 bits per heavy atom. The van der Waals surface area contributed by atoms with Gasteiger partial charge in [-0.25, -0.2) is 0 Å². The Morgan fingerprint density at radius 1 is 1.17 bits per heavy atom. The summed E-state index contributed by atoms with van der Waals surface area (Å²) in [5, 5.41) is 0. The van der Waals surface area contributed by atoms with E-state index in [1.54, 1.807) is 5.57 Å². The third-order valence-electron chi connectivity index (χ3n) is 5.01. The van der Waals surface area contributed by atoms with Crippen LogP contribution in [0.1, 0.15) is 57.8 Å². The molecular weight excluding hydrogens is 222 g/mol. The molecule has 0 aromatic rings. The van der Waals surface area contributed by atoms with E-state index in [0.29, 0.717) is 6.04 Å². The summed E-state index contributed by atoms with van der Waals surface area (Å²) in [6.45, 7) is 0. The predicted octanol–water partition coefficient (Wildman–Crippen LogP) is 2.58. The van der Waals surface area contributed by atoms with Crippen molar-refractivity contribution in [3.05, 3.63) is 11.6 Å². The fourth-order valence-electron chi connectivity index (χ4n) is 3.89. The van der Waals surface area contributed by atoms with Crippen LogP contribution < -0.4 is 11.3 Å². The molecule has 3 heteroatoms. The van der Waals surface area contributed by atoms with Crippen LogP contribution in [0.3, 0.4) is 0 Å². The molecule has 1 atom stereocenters. The lowest BCUT2D eigenvalue weighted by molar-refractivity contribution is 0.0680. The maximum Gasteiger partial charge on any atom is 0.0603 e. The molecule has 1 saturated carbocycles. The van der Waals surface area contributed by atoms with E-state index in [9.17, 15) is 0 Å². The maximum atomic E-state index is 5.94. The van der Waals surface area contributed by atoms with Gasteiger partial charge in [0.2, 0.25) is 0 Å². The highest BCUT2D eigenvalue weighted by molar-refractivity contribution is 5.21. The maximum absolute atomic E-state index is 5.94. The number of nitrogens with two attached hydrogens (primary N) is 1. The SMILES string of the molecule is CN(C)C1(C(NN)C2=CCCCC2)CCCCC1. The van der Waals surface area contributed by atoms with Crippen molar-refractivity contribution in [1.29, 1.82) is 0 Å². The van der Waals surface area contributed by atoms with Crippen molar-refractivity contribution in [3.8, 4) is 0 Å². The highest BCUT2D eigenvalue weighted by Crippen LogP contribution is 2.39. The molecule has 2 aliphatic rings. The molecule has 0 heterocycles. The Labute approximate surface area is 112 Å². The lowest BCUT2D eigenvalue weighted by Crippen LogP contribution is -2.62. The molecule has 0 bridgehead atoms. The first-order valence-corrected chi connectivity index (χ1v) is 7.53. The van der Waals surface area contributed by atoms with E-state index in [2.05, 4.69) is 30.5 Å². The smallest absolute Gasteiger partial charge is 0.0603 e. The molecule has 0 aromatic heterocycles. The molecule has 0 spiro atoms. The molecule has 104 valence electrons. The number of hydrogen-bond acceptors (Lipinski definition) is 3. The largest absolute Gasteiger partial charge is 0.302 e. The molecule has 0 radical (unpaired) electrons. The molecule has 18 heavy (non-hydrogen) atoms. The first-order chi connectivity index (χ1) is 8.70. The van der Waals surface area contributed by atoms with Crippen molar-refractivity contribution in [3.63, 3.8) is 0 Å². The molecule has 3 nitrogen and oxygen atoms in total. The third kappa shape index (κ3) is 2.63. The fourth-order valence-corrected chi connectivity index (χ4v) is 3.89. The number of hydrazine groups is 1. The molecule has 2 rings (SSSR count). The van der Waals surface area contributed by atoms with Gasteiger partial charge >= 0.3 is 0 Å². The van der Waals surface area contributed by atoms with Gasteiger partial charge in [-0.3, -0.25) is 11.3 Å². The average molecular weight is 251 g/mol. The van der Waals surface area contributed by atoms with Gasteiger partial charge in [-0.1, -0.05) is 30.9 Å². The average Bonchev–Trinajstić information content (AvgIpc) is 2.41. The summed E-state index contributed by atoms with van der Waals surface area (Å²) >= 11 is 0. The first kappa shape index (κ1) is 14.0. The van der Waals surface area contributed by atoms with E-state index < -0.39 is 0 Å². The zero-order valence-corrected chi connectivity index (χ0v) is 12.0. The molecule has 0 saturated heterocycles. The molecule has 1 unspecified atom stereocenters. The molecule has 0 aliphatic heterocycles. The predicted molar refractivity (Wildman–Crippen MR) is 77.2 cm³/mol. The van der Waals surface area contributed by atoms with Gasteiger partial charge in [0, 0.05) is 5.54 Å². The summed E-state index contributed by atoms with van der Waals surface area (Å²) in [6, 6.07) is 0.341. The van der Waals surface area contributed by atoms with Crippen molar-refractivity contribution in [2.45, 2.75) is 69.4 Å². The zero-order valence-electron chi connectivity index (χ0n) is 12.0. The van der Waals surface area contributed by atoms with Gasteiger partial charge < -0.3 is 4.90 Å². The molecule has 2 aliphatic carbocycles. The number of hydrogen-bond donors (Lipinski definition) is 2. The number of allylic oxidation sites excluding steroid dienone is 1. The van der Waals surface area contributed by atoms with Crippen LogP contribution in [0.25, 0.3) is 0 Å². The first-order valence-electron chi connectivity index (χ1n) is 7.53. The summed E-state index contributed by atoms with van der Waals surface area (Å²) in [7, 11) is 4.44. The van der Waals surface area contributed by atoms with Gasteiger partial charge in [-0.15, -0.1) is 0 Å². The molecular formula is C15H29N3. The van der Waals surface area contributed by atoms with Gasteiger partial charge in [0.15, 0.2) is 0 Å². The normalized spacial score (nSPS) is 25.9. The fraction of sp³-hybridized carbons (Fsp3) is 0.867. The number of rotatable bonds is 4. The second-order valence-corrected chi connectivity index (χ2v) is 6.18. The van der Waals surface area contributed by atoms with Crippen LogP contribution in [0.5, 0.6) is 0 Å². The van der Waals surface area contributed by atoms with Crippen LogP contribution >= 0.6 is 0 Å². The van der Waals surface area contributed by atoms with Gasteiger partial charge in [-0.05, 0) is 52.6 Å². The van der Waals surface area contributed by atoms with Crippen LogP contribution in [-0.2, 0) is 0 Å². The monoisotopic (exact) mass is 251 g/mol. The van der Waals surface area contributed by atoms with E-state index >= 15 is 0 Å². The van der Waals surface area contributed by atoms with E-state index in [4.69, 9.17) is 5.84 Å². The Kier molecular flexibility index (Phi) is 4.82. The lowest BCUT2D eigenvalue weighted by Gasteiger charge is -2.49. The lowest BCUT2D eigenvalue weighted by atomic mass is 9.71. The number of nitrogens with zero attached hydrogens (tertiary/aromatic N) is 1. The quantitative estimate of drug-likeness (QED) is 0.458. The van der Waals surface area contributed by atoms with E-state index in [1.807, 2.05) is 0 Å². The molecule has 3 N–H and O–H groups in total. The topological polar surface area (TPSA) is 41.3 Å². The summed E-state index contributed by atoms with van der Waals surface area (Å²) < 4.78 is 0. The minimum Gasteiger partial charge on any atom is -0.302 e. The van der Waals surface area contributed by atoms with Gasteiger partial charge in [0.25, 0.3) is 0 Å². The van der Waals surface area contributed by atoms with Crippen molar-refractivity contribution >= 4 is 0 Å². The van der Waals surface area contributed by atoms with Crippen LogP contribution in [-0.4, -0.2) is 30.6 Å². The molecule has 0 aromatic carbocycles. The van der Waals surface area contributed by atoms with E-state index in [0.717, 1.165) is 0 Å². The van der Waals surface area contributed by atoms with Crippen molar-refractivity contribution in [2.24, 2.45) is 5.84 Å². The molecule has 1 fully saturated rings. The van der Waals surface area contributed by atoms with Gasteiger partial charge in [-0.2, -0.15) is 0 Å². The van der Waals surface area contributed by atoms with Crippen LogP contribution in [0.15, 0.2) is 11.6 Å². The van der Waals surface area contributed by atoms with Crippen LogP contribution in [0, 0.1) is 0 Å². The minimum atomic E-state index is 0.232. The van der Waals surface area contributed by atoms with Crippen molar-refractivity contribution in [1.82, 2.24) is 10.3 Å². The Hall–Kier alpha value is -0.380. The minimum absolute atomic E-state index is 0.232. The standard InChI is InChI=1S/C15H29N3/c1-18(2)15(11-7-4-8-12-15)14(17-16)13-9-5-3-6-10-13/h9,14,17H,3-8,10-12,16H2,1-2H3. The number of nitrogens with one attached hydrogen (secondary N) is 1. The van der Waals surface area contributed by atoms with Crippen molar-refractivity contribution < 1.29 is 0 Å². The Bertz CT molecular complexity index is 290. The summed E-state index contributed by atoms with van der Waals surface area (Å²) in [5.41, 5.74) is 4.94. The van der Waals surface area contributed by atoms with Crippen molar-refractivity contribution in [2.75, 3.05) is 14.1 Å². The highest BCUT2D eigenvalue weighted by Gasteiger charge is 2.42.